The number of aliphatic hydroxyl groups excluding tert-OH is 1. The van der Waals surface area contributed by atoms with E-state index in [0.717, 1.165) is 62.0 Å². The molecule has 0 spiro atoms. The van der Waals surface area contributed by atoms with Crippen molar-refractivity contribution < 1.29 is 19.3 Å². The lowest BCUT2D eigenvalue weighted by molar-refractivity contribution is 0.0499. The van der Waals surface area contributed by atoms with Crippen molar-refractivity contribution >= 4 is 0 Å². The molecule has 1 aliphatic heterocycles. The Kier molecular flexibility index (Phi) is 7.96. The van der Waals surface area contributed by atoms with Crippen LogP contribution in [-0.2, 0) is 13.1 Å². The van der Waals surface area contributed by atoms with Crippen molar-refractivity contribution in [2.45, 2.75) is 32.5 Å². The van der Waals surface area contributed by atoms with Gasteiger partial charge in [-0.25, -0.2) is 0 Å². The first-order valence-electron chi connectivity index (χ1n) is 10.5. The smallest absolute Gasteiger partial charge is 0.122 e. The number of methoxy groups -OCH3 is 3. The molecule has 6 heteroatoms. The molecule has 164 valence electrons. The summed E-state index contributed by atoms with van der Waals surface area (Å²) in [7, 11) is 5.06. The number of benzene rings is 2. The first-order chi connectivity index (χ1) is 14.6. The molecule has 6 nitrogen and oxygen atoms in total. The van der Waals surface area contributed by atoms with Crippen LogP contribution in [0.5, 0.6) is 17.2 Å². The van der Waals surface area contributed by atoms with Gasteiger partial charge in [-0.05, 0) is 48.2 Å². The van der Waals surface area contributed by atoms with E-state index < -0.39 is 0 Å². The van der Waals surface area contributed by atoms with Gasteiger partial charge in [0.15, 0.2) is 0 Å². The highest BCUT2D eigenvalue weighted by Crippen LogP contribution is 2.26. The van der Waals surface area contributed by atoms with Crippen LogP contribution in [0.2, 0.25) is 0 Å². The third-order valence-electron chi connectivity index (χ3n) is 5.81. The minimum Gasteiger partial charge on any atom is -0.497 e. The second-order valence-corrected chi connectivity index (χ2v) is 7.90. The highest BCUT2D eigenvalue weighted by molar-refractivity contribution is 5.38. The summed E-state index contributed by atoms with van der Waals surface area (Å²) in [4.78, 5) is 4.93. The molecule has 30 heavy (non-hydrogen) atoms. The van der Waals surface area contributed by atoms with Crippen LogP contribution < -0.4 is 14.2 Å². The average Bonchev–Trinajstić information content (AvgIpc) is 2.75. The number of nitrogens with zero attached hydrogens (tertiary/aromatic N) is 2. The minimum atomic E-state index is 0.198. The molecule has 0 bridgehead atoms. The lowest BCUT2D eigenvalue weighted by Gasteiger charge is -2.41. The molecular weight excluding hydrogens is 380 g/mol. The van der Waals surface area contributed by atoms with Crippen molar-refractivity contribution in [1.82, 2.24) is 9.80 Å². The summed E-state index contributed by atoms with van der Waals surface area (Å²) >= 11 is 0. The SMILES string of the molecule is COc1cc(CN2CCN(Cc3ccc(OC)c(C)c3)[C@@H](CCO)C2)cc(OC)c1. The summed E-state index contributed by atoms with van der Waals surface area (Å²) < 4.78 is 16.2. The Balaban J connectivity index is 1.67. The lowest BCUT2D eigenvalue weighted by Crippen LogP contribution is -2.52. The standard InChI is InChI=1S/C24H34N2O4/c1-18-11-19(5-6-24(18)30-4)16-26-9-8-25(17-21(26)7-10-27)15-20-12-22(28-2)14-23(13-20)29-3/h5-6,11-14,21,27H,7-10,15-17H2,1-4H3/t21-/m0/s1. The van der Waals surface area contributed by atoms with Crippen molar-refractivity contribution in [2.75, 3.05) is 47.6 Å². The molecule has 1 atom stereocenters. The molecule has 0 aromatic heterocycles. The quantitative estimate of drug-likeness (QED) is 0.681. The number of aliphatic hydroxyl groups is 1. The van der Waals surface area contributed by atoms with Crippen LogP contribution in [0.3, 0.4) is 0 Å². The van der Waals surface area contributed by atoms with E-state index in [1.807, 2.05) is 12.1 Å². The zero-order valence-electron chi connectivity index (χ0n) is 18.6. The zero-order chi connectivity index (χ0) is 21.5. The van der Waals surface area contributed by atoms with E-state index in [4.69, 9.17) is 14.2 Å². The fourth-order valence-electron chi connectivity index (χ4n) is 4.22. The molecule has 1 aliphatic rings. The summed E-state index contributed by atoms with van der Waals surface area (Å²) in [5.74, 6) is 2.54. The van der Waals surface area contributed by atoms with Crippen LogP contribution in [0.1, 0.15) is 23.1 Å². The molecular formula is C24H34N2O4. The van der Waals surface area contributed by atoms with E-state index in [1.165, 1.54) is 11.1 Å². The van der Waals surface area contributed by atoms with E-state index in [1.54, 1.807) is 21.3 Å². The Morgan fingerprint density at radius 1 is 0.900 bits per heavy atom. The van der Waals surface area contributed by atoms with E-state index in [2.05, 4.69) is 41.0 Å². The molecule has 3 rings (SSSR count). The van der Waals surface area contributed by atoms with Gasteiger partial charge < -0.3 is 19.3 Å². The Morgan fingerprint density at radius 2 is 1.63 bits per heavy atom. The maximum absolute atomic E-state index is 9.63. The van der Waals surface area contributed by atoms with Gasteiger partial charge in [-0.2, -0.15) is 0 Å². The number of piperazine rings is 1. The minimum absolute atomic E-state index is 0.198. The van der Waals surface area contributed by atoms with Crippen molar-refractivity contribution in [1.29, 1.82) is 0 Å². The van der Waals surface area contributed by atoms with Crippen LogP contribution >= 0.6 is 0 Å². The largest absolute Gasteiger partial charge is 0.497 e. The highest BCUT2D eigenvalue weighted by Gasteiger charge is 2.27. The molecule has 2 aromatic rings. The van der Waals surface area contributed by atoms with Gasteiger partial charge in [-0.3, -0.25) is 9.80 Å². The van der Waals surface area contributed by atoms with Crippen LogP contribution in [0.15, 0.2) is 36.4 Å². The summed E-state index contributed by atoms with van der Waals surface area (Å²) in [5, 5.41) is 9.63. The number of rotatable bonds is 9. The lowest BCUT2D eigenvalue weighted by atomic mass is 10.0. The maximum atomic E-state index is 9.63. The Hall–Kier alpha value is -2.28. The van der Waals surface area contributed by atoms with Crippen LogP contribution in [0.25, 0.3) is 0 Å². The molecule has 0 unspecified atom stereocenters. The molecule has 0 amide bonds. The molecule has 1 fully saturated rings. The molecule has 0 aliphatic carbocycles. The average molecular weight is 415 g/mol. The van der Waals surface area contributed by atoms with Gasteiger partial charge in [0, 0.05) is 51.4 Å². The van der Waals surface area contributed by atoms with Crippen LogP contribution in [0, 0.1) is 6.92 Å². The van der Waals surface area contributed by atoms with Gasteiger partial charge >= 0.3 is 0 Å². The van der Waals surface area contributed by atoms with Gasteiger partial charge in [0.2, 0.25) is 0 Å². The molecule has 0 radical (unpaired) electrons. The monoisotopic (exact) mass is 414 g/mol. The molecule has 0 saturated carbocycles. The van der Waals surface area contributed by atoms with E-state index in [0.29, 0.717) is 6.04 Å². The number of hydrogen-bond donors (Lipinski definition) is 1. The summed E-state index contributed by atoms with van der Waals surface area (Å²) in [6.07, 6.45) is 0.771. The van der Waals surface area contributed by atoms with Gasteiger partial charge in [-0.15, -0.1) is 0 Å². The molecule has 1 heterocycles. The molecule has 2 aromatic carbocycles. The third-order valence-corrected chi connectivity index (χ3v) is 5.81. The molecule has 1 N–H and O–H groups in total. The second kappa shape index (κ2) is 10.7. The summed E-state index contributed by atoms with van der Waals surface area (Å²) in [6.45, 7) is 6.88. The van der Waals surface area contributed by atoms with Crippen molar-refractivity contribution in [3.05, 3.63) is 53.1 Å². The maximum Gasteiger partial charge on any atom is 0.122 e. The van der Waals surface area contributed by atoms with Crippen LogP contribution in [0.4, 0.5) is 0 Å². The topological polar surface area (TPSA) is 54.4 Å². The summed E-state index contributed by atoms with van der Waals surface area (Å²) in [5.41, 5.74) is 3.61. The predicted molar refractivity (Wildman–Crippen MR) is 118 cm³/mol. The number of aryl methyl sites for hydroxylation is 1. The summed E-state index contributed by atoms with van der Waals surface area (Å²) in [6, 6.07) is 12.7. The first-order valence-corrected chi connectivity index (χ1v) is 10.5. The van der Waals surface area contributed by atoms with Crippen molar-refractivity contribution in [3.8, 4) is 17.2 Å². The number of hydrogen-bond acceptors (Lipinski definition) is 6. The third kappa shape index (κ3) is 5.65. The predicted octanol–water partition coefficient (Wildman–Crippen LogP) is 3.09. The zero-order valence-corrected chi connectivity index (χ0v) is 18.6. The molecule has 1 saturated heterocycles. The van der Waals surface area contributed by atoms with Crippen molar-refractivity contribution in [2.24, 2.45) is 0 Å². The van der Waals surface area contributed by atoms with Gasteiger partial charge in [0.05, 0.1) is 21.3 Å². The van der Waals surface area contributed by atoms with E-state index in [9.17, 15) is 5.11 Å². The van der Waals surface area contributed by atoms with Gasteiger partial charge in [-0.1, -0.05) is 12.1 Å². The first kappa shape index (κ1) is 22.4. The van der Waals surface area contributed by atoms with E-state index >= 15 is 0 Å². The fourth-order valence-corrected chi connectivity index (χ4v) is 4.22. The fraction of sp³-hybridized carbons (Fsp3) is 0.500. The normalized spacial score (nSPS) is 17.7. The van der Waals surface area contributed by atoms with Crippen molar-refractivity contribution in [3.63, 3.8) is 0 Å². The van der Waals surface area contributed by atoms with Gasteiger partial charge in [0.1, 0.15) is 17.2 Å². The van der Waals surface area contributed by atoms with Gasteiger partial charge in [0.25, 0.3) is 0 Å². The highest BCUT2D eigenvalue weighted by atomic mass is 16.5. The Bertz CT molecular complexity index is 805. The Morgan fingerprint density at radius 3 is 2.23 bits per heavy atom. The second-order valence-electron chi connectivity index (χ2n) is 7.90. The van der Waals surface area contributed by atoms with Crippen LogP contribution in [-0.4, -0.2) is 68.5 Å². The Labute approximate surface area is 180 Å². The van der Waals surface area contributed by atoms with E-state index in [-0.39, 0.29) is 6.61 Å². The number of ether oxygens (including phenoxy) is 3.